The molecule has 0 radical (unpaired) electrons. The number of ether oxygens (including phenoxy) is 1. The number of likely N-dealkylation sites (tertiary alicyclic amines) is 1. The lowest BCUT2D eigenvalue weighted by Crippen LogP contribution is -2.50. The number of fused-ring (bicyclic) bond motifs is 2. The lowest BCUT2D eigenvalue weighted by atomic mass is 9.74. The first-order chi connectivity index (χ1) is 18.7. The summed E-state index contributed by atoms with van der Waals surface area (Å²) in [5.74, 6) is 0.970. The largest absolute Gasteiger partial charge is 0.487 e. The van der Waals surface area contributed by atoms with E-state index in [2.05, 4.69) is 29.0 Å². The Morgan fingerprint density at radius 1 is 1.15 bits per heavy atom. The normalized spacial score (nSPS) is 22.6. The van der Waals surface area contributed by atoms with Gasteiger partial charge in [-0.15, -0.1) is 0 Å². The van der Waals surface area contributed by atoms with Crippen LogP contribution in [-0.4, -0.2) is 39.7 Å². The Bertz CT molecular complexity index is 1330. The summed E-state index contributed by atoms with van der Waals surface area (Å²) in [7, 11) is 0. The molecule has 6 heteroatoms. The Labute approximate surface area is 237 Å². The molecule has 206 valence electrons. The minimum atomic E-state index is -0.951. The molecule has 5 rings (SSSR count). The van der Waals surface area contributed by atoms with Gasteiger partial charge in [-0.05, 0) is 80.1 Å². The van der Waals surface area contributed by atoms with Crippen LogP contribution in [0, 0.1) is 5.92 Å². The zero-order valence-corrected chi connectivity index (χ0v) is 23.9. The third-order valence-corrected chi connectivity index (χ3v) is 8.51. The predicted molar refractivity (Wildman–Crippen MR) is 157 cm³/mol. The number of aliphatic hydroxyl groups is 2. The maximum atomic E-state index is 11.8. The van der Waals surface area contributed by atoms with E-state index in [4.69, 9.17) is 16.3 Å². The SMILES string of the molecule is CCCC1CN(CCC=C2c3cc(C(C)(C)O)ccc3OCc3ncccc32)CCC1(O)c1ccc(Cl)cc1. The van der Waals surface area contributed by atoms with Crippen molar-refractivity contribution >= 4 is 17.2 Å². The third-order valence-electron chi connectivity index (χ3n) is 8.26. The fourth-order valence-corrected chi connectivity index (χ4v) is 6.16. The second-order valence-corrected chi connectivity index (χ2v) is 11.9. The molecule has 1 aromatic heterocycles. The van der Waals surface area contributed by atoms with Gasteiger partial charge in [-0.2, -0.15) is 0 Å². The van der Waals surface area contributed by atoms with E-state index in [1.165, 1.54) is 0 Å². The van der Waals surface area contributed by atoms with E-state index >= 15 is 0 Å². The van der Waals surface area contributed by atoms with Crippen LogP contribution in [0.3, 0.4) is 0 Å². The van der Waals surface area contributed by atoms with E-state index in [1.807, 2.05) is 54.7 Å². The maximum absolute atomic E-state index is 11.8. The summed E-state index contributed by atoms with van der Waals surface area (Å²) < 4.78 is 6.15. The van der Waals surface area contributed by atoms with Crippen molar-refractivity contribution in [1.29, 1.82) is 0 Å². The molecule has 0 spiro atoms. The molecule has 5 nitrogen and oxygen atoms in total. The van der Waals surface area contributed by atoms with Crippen LogP contribution >= 0.6 is 11.6 Å². The van der Waals surface area contributed by atoms with Crippen molar-refractivity contribution in [3.8, 4) is 5.75 Å². The summed E-state index contributed by atoms with van der Waals surface area (Å²) in [5.41, 5.74) is 4.11. The molecule has 3 heterocycles. The highest BCUT2D eigenvalue weighted by Gasteiger charge is 2.42. The summed E-state index contributed by atoms with van der Waals surface area (Å²) in [6.07, 6.45) is 7.66. The smallest absolute Gasteiger partial charge is 0.131 e. The molecular weight excluding hydrogens is 508 g/mol. The van der Waals surface area contributed by atoms with Crippen LogP contribution in [0.4, 0.5) is 0 Å². The Morgan fingerprint density at radius 3 is 2.69 bits per heavy atom. The van der Waals surface area contributed by atoms with Crippen molar-refractivity contribution in [3.63, 3.8) is 0 Å². The highest BCUT2D eigenvalue weighted by molar-refractivity contribution is 6.30. The number of halogens is 1. The first kappa shape index (κ1) is 27.9. The molecule has 2 unspecified atom stereocenters. The van der Waals surface area contributed by atoms with Crippen molar-refractivity contribution in [2.75, 3.05) is 19.6 Å². The lowest BCUT2D eigenvalue weighted by Gasteiger charge is -2.45. The van der Waals surface area contributed by atoms with Gasteiger partial charge in [0.05, 0.1) is 16.9 Å². The highest BCUT2D eigenvalue weighted by atomic mass is 35.5. The standard InChI is InChI=1S/C33H39ClN2O3/c1-4-7-25-21-36(19-16-33(25,38)23-10-13-26(34)14-11-23)18-6-9-27-28-8-5-17-35-30(28)22-39-31-15-12-24(20-29(27)31)32(2,3)37/h5,8-15,17,20,25,37-38H,4,6-7,16,18-19,21-22H2,1-3H3. The number of hydrogen-bond acceptors (Lipinski definition) is 5. The monoisotopic (exact) mass is 546 g/mol. The predicted octanol–water partition coefficient (Wildman–Crippen LogP) is 6.69. The van der Waals surface area contributed by atoms with Crippen LogP contribution in [0.2, 0.25) is 5.02 Å². The van der Waals surface area contributed by atoms with Crippen molar-refractivity contribution in [2.24, 2.45) is 5.92 Å². The number of hydrogen-bond donors (Lipinski definition) is 2. The number of aromatic nitrogens is 1. The second-order valence-electron chi connectivity index (χ2n) is 11.4. The van der Waals surface area contributed by atoms with E-state index < -0.39 is 11.2 Å². The maximum Gasteiger partial charge on any atom is 0.131 e. The molecule has 1 fully saturated rings. The molecule has 2 aromatic carbocycles. The van der Waals surface area contributed by atoms with Gasteiger partial charge < -0.3 is 19.8 Å². The van der Waals surface area contributed by atoms with Crippen LogP contribution in [0.5, 0.6) is 5.75 Å². The summed E-state index contributed by atoms with van der Waals surface area (Å²) in [4.78, 5) is 7.08. The molecule has 3 aromatic rings. The van der Waals surface area contributed by atoms with E-state index in [1.54, 1.807) is 13.8 Å². The van der Waals surface area contributed by atoms with Crippen LogP contribution in [0.15, 0.2) is 66.9 Å². The summed E-state index contributed by atoms with van der Waals surface area (Å²) in [6, 6.07) is 17.7. The number of rotatable bonds is 7. The molecule has 0 saturated carbocycles. The molecule has 0 aliphatic carbocycles. The van der Waals surface area contributed by atoms with Gasteiger partial charge in [0.15, 0.2) is 0 Å². The Kier molecular flexibility index (Phi) is 8.16. The fourth-order valence-electron chi connectivity index (χ4n) is 6.03. The van der Waals surface area contributed by atoms with Gasteiger partial charge in [0.2, 0.25) is 0 Å². The Hall–Kier alpha value is -2.70. The number of benzene rings is 2. The van der Waals surface area contributed by atoms with E-state index in [0.29, 0.717) is 18.1 Å². The van der Waals surface area contributed by atoms with Crippen molar-refractivity contribution in [1.82, 2.24) is 9.88 Å². The lowest BCUT2D eigenvalue weighted by molar-refractivity contribution is -0.0807. The number of nitrogens with zero attached hydrogens (tertiary/aromatic N) is 2. The van der Waals surface area contributed by atoms with Crippen LogP contribution in [0.1, 0.15) is 74.4 Å². The molecule has 2 atom stereocenters. The molecule has 2 N–H and O–H groups in total. The molecular formula is C33H39ClN2O3. The van der Waals surface area contributed by atoms with Gasteiger partial charge in [0.1, 0.15) is 12.4 Å². The minimum Gasteiger partial charge on any atom is -0.487 e. The topological polar surface area (TPSA) is 65.8 Å². The van der Waals surface area contributed by atoms with Gasteiger partial charge in [0, 0.05) is 47.9 Å². The van der Waals surface area contributed by atoms with E-state index in [9.17, 15) is 10.2 Å². The molecule has 2 aliphatic rings. The van der Waals surface area contributed by atoms with Crippen LogP contribution in [-0.2, 0) is 17.8 Å². The average Bonchev–Trinajstić information content (AvgIpc) is 3.07. The van der Waals surface area contributed by atoms with Gasteiger partial charge in [0.25, 0.3) is 0 Å². The highest BCUT2D eigenvalue weighted by Crippen LogP contribution is 2.41. The van der Waals surface area contributed by atoms with E-state index in [-0.39, 0.29) is 5.92 Å². The Balaban J connectivity index is 1.39. The number of piperidine rings is 1. The van der Waals surface area contributed by atoms with Crippen molar-refractivity contribution < 1.29 is 14.9 Å². The molecule has 2 aliphatic heterocycles. The van der Waals surface area contributed by atoms with Crippen LogP contribution < -0.4 is 4.74 Å². The zero-order valence-electron chi connectivity index (χ0n) is 23.2. The Morgan fingerprint density at radius 2 is 1.95 bits per heavy atom. The summed E-state index contributed by atoms with van der Waals surface area (Å²) in [5, 5.41) is 23.2. The quantitative estimate of drug-likeness (QED) is 0.346. The first-order valence-electron chi connectivity index (χ1n) is 14.0. The molecule has 39 heavy (non-hydrogen) atoms. The molecule has 0 amide bonds. The first-order valence-corrected chi connectivity index (χ1v) is 14.4. The van der Waals surface area contributed by atoms with Gasteiger partial charge >= 0.3 is 0 Å². The van der Waals surface area contributed by atoms with Gasteiger partial charge in [-0.3, -0.25) is 4.98 Å². The van der Waals surface area contributed by atoms with Gasteiger partial charge in [-0.1, -0.05) is 55.3 Å². The second kappa shape index (κ2) is 11.4. The van der Waals surface area contributed by atoms with Crippen LogP contribution in [0.25, 0.3) is 5.57 Å². The molecule has 0 bridgehead atoms. The third kappa shape index (κ3) is 5.92. The van der Waals surface area contributed by atoms with Gasteiger partial charge in [-0.25, -0.2) is 0 Å². The molecule has 1 saturated heterocycles. The van der Waals surface area contributed by atoms with Crippen molar-refractivity contribution in [2.45, 2.75) is 64.3 Å². The number of pyridine rings is 1. The average molecular weight is 547 g/mol. The summed E-state index contributed by atoms with van der Waals surface area (Å²) >= 11 is 6.12. The van der Waals surface area contributed by atoms with E-state index in [0.717, 1.165) is 78.2 Å². The van der Waals surface area contributed by atoms with Crippen molar-refractivity contribution in [3.05, 3.63) is 99.8 Å². The minimum absolute atomic E-state index is 0.163. The zero-order chi connectivity index (χ0) is 27.6. The fraction of sp³-hybridized carbons (Fsp3) is 0.424. The summed E-state index contributed by atoms with van der Waals surface area (Å²) in [6.45, 7) is 8.80.